The summed E-state index contributed by atoms with van der Waals surface area (Å²) in [7, 11) is 0. The molecule has 0 aromatic heterocycles. The average Bonchev–Trinajstić information content (AvgIpc) is 2.16. The maximum atomic E-state index is 5.94. The van der Waals surface area contributed by atoms with Gasteiger partial charge in [0.25, 0.3) is 0 Å². The molecule has 0 aliphatic heterocycles. The van der Waals surface area contributed by atoms with Gasteiger partial charge < -0.3 is 5.73 Å². The van der Waals surface area contributed by atoms with E-state index in [1.807, 2.05) is 0 Å². The van der Waals surface area contributed by atoms with Gasteiger partial charge in [0.05, 0.1) is 0 Å². The van der Waals surface area contributed by atoms with Crippen LogP contribution in [0.25, 0.3) is 0 Å². The molecule has 0 unspecified atom stereocenters. The normalized spacial score (nSPS) is 19.7. The van der Waals surface area contributed by atoms with Crippen molar-refractivity contribution in [2.45, 2.75) is 38.6 Å². The van der Waals surface area contributed by atoms with Crippen LogP contribution >= 0.6 is 12.4 Å². The molecule has 1 aliphatic carbocycles. The summed E-state index contributed by atoms with van der Waals surface area (Å²) in [5.74, 6) is 0. The Bertz CT molecular complexity index is 309. The van der Waals surface area contributed by atoms with Gasteiger partial charge in [-0.25, -0.2) is 0 Å². The van der Waals surface area contributed by atoms with Gasteiger partial charge in [0.2, 0.25) is 0 Å². The Morgan fingerprint density at radius 1 is 1.36 bits per heavy atom. The van der Waals surface area contributed by atoms with Crippen LogP contribution in [0.3, 0.4) is 0 Å². The van der Waals surface area contributed by atoms with Crippen LogP contribution in [0.5, 0.6) is 0 Å². The van der Waals surface area contributed by atoms with Gasteiger partial charge in [-0.1, -0.05) is 25.1 Å². The van der Waals surface area contributed by atoms with E-state index >= 15 is 0 Å². The summed E-state index contributed by atoms with van der Waals surface area (Å²) in [6.45, 7) is 2.20. The van der Waals surface area contributed by atoms with Crippen molar-refractivity contribution in [1.29, 1.82) is 0 Å². The van der Waals surface area contributed by atoms with Crippen molar-refractivity contribution in [1.82, 2.24) is 0 Å². The molecule has 1 nitrogen and oxygen atoms in total. The molecule has 0 bridgehead atoms. The topological polar surface area (TPSA) is 26.0 Å². The fourth-order valence-electron chi connectivity index (χ4n) is 2.06. The van der Waals surface area contributed by atoms with Crippen LogP contribution in [0, 0.1) is 0 Å². The van der Waals surface area contributed by atoms with Crippen LogP contribution in [-0.2, 0) is 19.3 Å². The molecule has 2 heteroatoms. The van der Waals surface area contributed by atoms with Gasteiger partial charge in [-0.15, -0.1) is 12.4 Å². The molecule has 1 aromatic carbocycles. The molecule has 0 amide bonds. The molecule has 0 saturated heterocycles. The van der Waals surface area contributed by atoms with Crippen molar-refractivity contribution in [2.75, 3.05) is 0 Å². The molecule has 1 atom stereocenters. The number of hydrogen-bond donors (Lipinski definition) is 1. The quantitative estimate of drug-likeness (QED) is 0.759. The van der Waals surface area contributed by atoms with Crippen molar-refractivity contribution < 1.29 is 0 Å². The highest BCUT2D eigenvalue weighted by molar-refractivity contribution is 5.85. The molecular weight excluding hydrogens is 194 g/mol. The second-order valence-electron chi connectivity index (χ2n) is 3.96. The summed E-state index contributed by atoms with van der Waals surface area (Å²) >= 11 is 0. The molecule has 0 heterocycles. The van der Waals surface area contributed by atoms with Crippen LogP contribution in [0.2, 0.25) is 0 Å². The molecule has 1 aromatic rings. The SMILES string of the molecule is CCc1ccc2c(c1)C[C@H](N)CC2.Cl. The van der Waals surface area contributed by atoms with Crippen LogP contribution in [0.4, 0.5) is 0 Å². The fourth-order valence-corrected chi connectivity index (χ4v) is 2.06. The van der Waals surface area contributed by atoms with Gasteiger partial charge in [-0.3, -0.25) is 0 Å². The Labute approximate surface area is 92.1 Å². The summed E-state index contributed by atoms with van der Waals surface area (Å²) in [6, 6.07) is 7.24. The molecule has 2 rings (SSSR count). The van der Waals surface area contributed by atoms with E-state index < -0.39 is 0 Å². The first-order valence-corrected chi connectivity index (χ1v) is 5.16. The highest BCUT2D eigenvalue weighted by Crippen LogP contribution is 2.21. The maximum Gasteiger partial charge on any atom is 0.00825 e. The largest absolute Gasteiger partial charge is 0.327 e. The van der Waals surface area contributed by atoms with Gasteiger partial charge in [0.15, 0.2) is 0 Å². The first-order valence-electron chi connectivity index (χ1n) is 5.16. The maximum absolute atomic E-state index is 5.94. The highest BCUT2D eigenvalue weighted by Gasteiger charge is 2.14. The lowest BCUT2D eigenvalue weighted by atomic mass is 9.87. The molecule has 0 fully saturated rings. The predicted octanol–water partition coefficient (Wildman–Crippen LogP) is 2.49. The number of benzene rings is 1. The number of hydrogen-bond acceptors (Lipinski definition) is 1. The smallest absolute Gasteiger partial charge is 0.00825 e. The Kier molecular flexibility index (Phi) is 3.97. The van der Waals surface area contributed by atoms with Crippen LogP contribution in [-0.4, -0.2) is 6.04 Å². The standard InChI is InChI=1S/C12H17N.ClH/c1-2-9-3-4-10-5-6-12(13)8-11(10)7-9;/h3-4,7,12H,2,5-6,8,13H2,1H3;1H/t12-;/m1./s1. The zero-order valence-corrected chi connectivity index (χ0v) is 9.44. The minimum absolute atomic E-state index is 0. The predicted molar refractivity (Wildman–Crippen MR) is 63.1 cm³/mol. The molecule has 1 aliphatic rings. The third-order valence-electron chi connectivity index (χ3n) is 2.95. The Balaban J connectivity index is 0.000000980. The van der Waals surface area contributed by atoms with Gasteiger partial charge in [-0.2, -0.15) is 0 Å². The lowest BCUT2D eigenvalue weighted by Gasteiger charge is -2.21. The van der Waals surface area contributed by atoms with Crippen molar-refractivity contribution >= 4 is 12.4 Å². The second-order valence-corrected chi connectivity index (χ2v) is 3.96. The molecular formula is C12H18ClN. The van der Waals surface area contributed by atoms with E-state index in [2.05, 4.69) is 25.1 Å². The molecule has 14 heavy (non-hydrogen) atoms. The first-order chi connectivity index (χ1) is 6.29. The third-order valence-corrected chi connectivity index (χ3v) is 2.95. The minimum Gasteiger partial charge on any atom is -0.327 e. The molecule has 0 spiro atoms. The lowest BCUT2D eigenvalue weighted by molar-refractivity contribution is 0.576. The summed E-state index contributed by atoms with van der Waals surface area (Å²) < 4.78 is 0. The van der Waals surface area contributed by atoms with Gasteiger partial charge in [-0.05, 0) is 42.4 Å². The van der Waals surface area contributed by atoms with Gasteiger partial charge >= 0.3 is 0 Å². The van der Waals surface area contributed by atoms with Crippen molar-refractivity contribution in [2.24, 2.45) is 5.73 Å². The zero-order chi connectivity index (χ0) is 9.26. The Hall–Kier alpha value is -0.530. The summed E-state index contributed by atoms with van der Waals surface area (Å²) in [6.07, 6.45) is 4.52. The van der Waals surface area contributed by atoms with E-state index in [1.165, 1.54) is 23.1 Å². The number of fused-ring (bicyclic) bond motifs is 1. The Morgan fingerprint density at radius 2 is 2.14 bits per heavy atom. The summed E-state index contributed by atoms with van der Waals surface area (Å²) in [4.78, 5) is 0. The van der Waals surface area contributed by atoms with Crippen molar-refractivity contribution in [3.8, 4) is 0 Å². The molecule has 2 N–H and O–H groups in total. The number of rotatable bonds is 1. The zero-order valence-electron chi connectivity index (χ0n) is 8.62. The van der Waals surface area contributed by atoms with Gasteiger partial charge in [0, 0.05) is 6.04 Å². The highest BCUT2D eigenvalue weighted by atomic mass is 35.5. The third kappa shape index (κ3) is 2.28. The first kappa shape index (κ1) is 11.5. The van der Waals surface area contributed by atoms with E-state index in [0.29, 0.717) is 6.04 Å². The van der Waals surface area contributed by atoms with Gasteiger partial charge in [0.1, 0.15) is 0 Å². The number of aryl methyl sites for hydroxylation is 2. The summed E-state index contributed by atoms with van der Waals surface area (Å²) in [5, 5.41) is 0. The van der Waals surface area contributed by atoms with Crippen molar-refractivity contribution in [3.05, 3.63) is 34.9 Å². The second kappa shape index (κ2) is 4.81. The lowest BCUT2D eigenvalue weighted by Crippen LogP contribution is -2.27. The Morgan fingerprint density at radius 3 is 2.86 bits per heavy atom. The van der Waals surface area contributed by atoms with Crippen LogP contribution in [0.15, 0.2) is 18.2 Å². The fraction of sp³-hybridized carbons (Fsp3) is 0.500. The van der Waals surface area contributed by atoms with Crippen LogP contribution in [0.1, 0.15) is 30.0 Å². The minimum atomic E-state index is 0. The van der Waals surface area contributed by atoms with E-state index in [-0.39, 0.29) is 12.4 Å². The summed E-state index contributed by atoms with van der Waals surface area (Å²) in [5.41, 5.74) is 10.4. The molecule has 0 saturated carbocycles. The molecule has 0 radical (unpaired) electrons. The number of halogens is 1. The monoisotopic (exact) mass is 211 g/mol. The van der Waals surface area contributed by atoms with Crippen molar-refractivity contribution in [3.63, 3.8) is 0 Å². The number of nitrogens with two attached hydrogens (primary N) is 1. The van der Waals surface area contributed by atoms with E-state index in [4.69, 9.17) is 5.73 Å². The van der Waals surface area contributed by atoms with E-state index in [9.17, 15) is 0 Å². The van der Waals surface area contributed by atoms with E-state index in [0.717, 1.165) is 19.3 Å². The van der Waals surface area contributed by atoms with E-state index in [1.54, 1.807) is 0 Å². The van der Waals surface area contributed by atoms with Crippen LogP contribution < -0.4 is 5.73 Å². The average molecular weight is 212 g/mol. The molecule has 78 valence electrons.